The summed E-state index contributed by atoms with van der Waals surface area (Å²) in [5, 5.41) is 0. The smallest absolute Gasteiger partial charge is 0.179 e. The standard InChI is InChI=1S/C13H18N4O/c1-3-5-6-12-14-9-11(17-12)13-15-7-10(8-16-13)18-4-2/h7-9H,3-6H2,1-2H3,(H,14,17). The zero-order valence-corrected chi connectivity index (χ0v) is 10.8. The van der Waals surface area contributed by atoms with Crippen molar-refractivity contribution in [3.8, 4) is 17.3 Å². The molecule has 2 aromatic heterocycles. The van der Waals surface area contributed by atoms with Crippen molar-refractivity contribution in [2.45, 2.75) is 33.1 Å². The Morgan fingerprint density at radius 3 is 2.67 bits per heavy atom. The topological polar surface area (TPSA) is 63.7 Å². The Hall–Kier alpha value is -1.91. The maximum absolute atomic E-state index is 5.30. The molecule has 0 unspecified atom stereocenters. The number of nitrogens with zero attached hydrogens (tertiary/aromatic N) is 3. The first-order valence-electron chi connectivity index (χ1n) is 6.33. The minimum absolute atomic E-state index is 0.617. The molecule has 0 aliphatic carbocycles. The molecule has 2 rings (SSSR count). The SMILES string of the molecule is CCCCc1nc(-c2ncc(OCC)cn2)c[nH]1. The molecule has 1 N–H and O–H groups in total. The second-order valence-electron chi connectivity index (χ2n) is 4.01. The second-order valence-corrected chi connectivity index (χ2v) is 4.01. The van der Waals surface area contributed by atoms with Gasteiger partial charge < -0.3 is 9.72 Å². The summed E-state index contributed by atoms with van der Waals surface area (Å²) in [6.07, 6.45) is 8.46. The molecular formula is C13H18N4O. The molecule has 18 heavy (non-hydrogen) atoms. The molecule has 5 heteroatoms. The molecule has 2 aromatic rings. The Kier molecular flexibility index (Phi) is 4.28. The predicted octanol–water partition coefficient (Wildman–Crippen LogP) is 2.61. The zero-order valence-electron chi connectivity index (χ0n) is 10.8. The number of aryl methyl sites for hydroxylation is 1. The Labute approximate surface area is 107 Å². The van der Waals surface area contributed by atoms with Crippen LogP contribution in [0, 0.1) is 0 Å². The van der Waals surface area contributed by atoms with E-state index in [1.165, 1.54) is 0 Å². The monoisotopic (exact) mass is 246 g/mol. The first kappa shape index (κ1) is 12.5. The van der Waals surface area contributed by atoms with Crippen molar-refractivity contribution < 1.29 is 4.74 Å². The lowest BCUT2D eigenvalue weighted by molar-refractivity contribution is 0.337. The van der Waals surface area contributed by atoms with E-state index in [9.17, 15) is 0 Å². The van der Waals surface area contributed by atoms with Crippen LogP contribution in [0.15, 0.2) is 18.6 Å². The summed E-state index contributed by atoms with van der Waals surface area (Å²) in [6, 6.07) is 0. The van der Waals surface area contributed by atoms with E-state index in [1.807, 2.05) is 13.1 Å². The maximum Gasteiger partial charge on any atom is 0.179 e. The van der Waals surface area contributed by atoms with Crippen molar-refractivity contribution in [2.75, 3.05) is 6.61 Å². The molecule has 2 heterocycles. The van der Waals surface area contributed by atoms with Crippen LogP contribution in [0.5, 0.6) is 5.75 Å². The normalized spacial score (nSPS) is 10.6. The van der Waals surface area contributed by atoms with Gasteiger partial charge in [0.05, 0.1) is 19.0 Å². The summed E-state index contributed by atoms with van der Waals surface area (Å²) < 4.78 is 5.30. The van der Waals surface area contributed by atoms with Crippen LogP contribution in [-0.2, 0) is 6.42 Å². The predicted molar refractivity (Wildman–Crippen MR) is 69.4 cm³/mol. The summed E-state index contributed by atoms with van der Waals surface area (Å²) in [4.78, 5) is 16.1. The third-order valence-corrected chi connectivity index (χ3v) is 2.57. The third-order valence-electron chi connectivity index (χ3n) is 2.57. The molecule has 0 atom stereocenters. The molecule has 0 bridgehead atoms. The fraction of sp³-hybridized carbons (Fsp3) is 0.462. The number of nitrogens with one attached hydrogen (secondary N) is 1. The summed E-state index contributed by atoms with van der Waals surface area (Å²) >= 11 is 0. The van der Waals surface area contributed by atoms with E-state index in [4.69, 9.17) is 4.74 Å². The lowest BCUT2D eigenvalue weighted by atomic mass is 10.2. The fourth-order valence-electron chi connectivity index (χ4n) is 1.64. The number of hydrogen-bond acceptors (Lipinski definition) is 4. The summed E-state index contributed by atoms with van der Waals surface area (Å²) in [7, 11) is 0. The number of unbranched alkanes of at least 4 members (excludes halogenated alkanes) is 1. The number of H-pyrrole nitrogens is 1. The lowest BCUT2D eigenvalue weighted by Crippen LogP contribution is -1.95. The van der Waals surface area contributed by atoms with E-state index in [0.717, 1.165) is 30.8 Å². The summed E-state index contributed by atoms with van der Waals surface area (Å²) in [6.45, 7) is 4.72. The van der Waals surface area contributed by atoms with Gasteiger partial charge >= 0.3 is 0 Å². The Balaban J connectivity index is 2.08. The molecule has 0 aromatic carbocycles. The summed E-state index contributed by atoms with van der Waals surface area (Å²) in [5.41, 5.74) is 0.782. The van der Waals surface area contributed by atoms with Gasteiger partial charge in [0.25, 0.3) is 0 Å². The maximum atomic E-state index is 5.30. The minimum Gasteiger partial charge on any atom is -0.491 e. The van der Waals surface area contributed by atoms with Crippen LogP contribution in [-0.4, -0.2) is 26.5 Å². The molecule has 0 amide bonds. The molecular weight excluding hydrogens is 228 g/mol. The van der Waals surface area contributed by atoms with Gasteiger partial charge in [-0.25, -0.2) is 15.0 Å². The van der Waals surface area contributed by atoms with Gasteiger partial charge in [0.15, 0.2) is 11.6 Å². The van der Waals surface area contributed by atoms with Gasteiger partial charge in [-0.05, 0) is 13.3 Å². The fourth-order valence-corrected chi connectivity index (χ4v) is 1.64. The van der Waals surface area contributed by atoms with Crippen molar-refractivity contribution in [2.24, 2.45) is 0 Å². The Bertz CT molecular complexity index is 478. The number of ether oxygens (including phenoxy) is 1. The van der Waals surface area contributed by atoms with Crippen LogP contribution in [0.4, 0.5) is 0 Å². The van der Waals surface area contributed by atoms with Gasteiger partial charge in [0, 0.05) is 12.6 Å². The van der Waals surface area contributed by atoms with Crippen molar-refractivity contribution in [3.05, 3.63) is 24.4 Å². The van der Waals surface area contributed by atoms with Crippen molar-refractivity contribution in [3.63, 3.8) is 0 Å². The largest absolute Gasteiger partial charge is 0.491 e. The minimum atomic E-state index is 0.617. The molecule has 0 spiro atoms. The number of hydrogen-bond donors (Lipinski definition) is 1. The average molecular weight is 246 g/mol. The second kappa shape index (κ2) is 6.14. The van der Waals surface area contributed by atoms with E-state index in [-0.39, 0.29) is 0 Å². The molecule has 0 fully saturated rings. The van der Waals surface area contributed by atoms with Gasteiger partial charge in [0.2, 0.25) is 0 Å². The van der Waals surface area contributed by atoms with E-state index in [1.54, 1.807) is 12.4 Å². The highest BCUT2D eigenvalue weighted by molar-refractivity contribution is 5.47. The first-order valence-corrected chi connectivity index (χ1v) is 6.33. The zero-order chi connectivity index (χ0) is 12.8. The van der Waals surface area contributed by atoms with Crippen molar-refractivity contribution in [1.29, 1.82) is 0 Å². The average Bonchev–Trinajstić information content (AvgIpc) is 2.86. The van der Waals surface area contributed by atoms with E-state index in [0.29, 0.717) is 18.2 Å². The van der Waals surface area contributed by atoms with Gasteiger partial charge in [-0.1, -0.05) is 13.3 Å². The van der Waals surface area contributed by atoms with Gasteiger partial charge in [0.1, 0.15) is 11.5 Å². The van der Waals surface area contributed by atoms with Crippen LogP contribution in [0.2, 0.25) is 0 Å². The van der Waals surface area contributed by atoms with E-state index < -0.39 is 0 Å². The van der Waals surface area contributed by atoms with Gasteiger partial charge in [-0.15, -0.1) is 0 Å². The number of aromatic amines is 1. The third kappa shape index (κ3) is 3.06. The van der Waals surface area contributed by atoms with E-state index in [2.05, 4.69) is 26.9 Å². The Morgan fingerprint density at radius 2 is 2.00 bits per heavy atom. The highest BCUT2D eigenvalue weighted by atomic mass is 16.5. The van der Waals surface area contributed by atoms with Crippen LogP contribution < -0.4 is 4.74 Å². The Morgan fingerprint density at radius 1 is 1.22 bits per heavy atom. The van der Waals surface area contributed by atoms with Crippen LogP contribution in [0.25, 0.3) is 11.5 Å². The highest BCUT2D eigenvalue weighted by Crippen LogP contribution is 2.15. The van der Waals surface area contributed by atoms with Gasteiger partial charge in [-0.2, -0.15) is 0 Å². The number of imidazole rings is 1. The molecule has 5 nitrogen and oxygen atoms in total. The number of aromatic nitrogens is 4. The molecule has 0 aliphatic heterocycles. The lowest BCUT2D eigenvalue weighted by Gasteiger charge is -2.01. The van der Waals surface area contributed by atoms with E-state index >= 15 is 0 Å². The first-order chi connectivity index (χ1) is 8.83. The molecule has 0 aliphatic rings. The molecule has 0 saturated heterocycles. The highest BCUT2D eigenvalue weighted by Gasteiger charge is 2.06. The van der Waals surface area contributed by atoms with Crippen molar-refractivity contribution in [1.82, 2.24) is 19.9 Å². The number of rotatable bonds is 6. The van der Waals surface area contributed by atoms with Crippen LogP contribution in [0.3, 0.4) is 0 Å². The molecule has 96 valence electrons. The van der Waals surface area contributed by atoms with Crippen LogP contribution in [0.1, 0.15) is 32.5 Å². The van der Waals surface area contributed by atoms with Gasteiger partial charge in [-0.3, -0.25) is 0 Å². The quantitative estimate of drug-likeness (QED) is 0.851. The summed E-state index contributed by atoms with van der Waals surface area (Å²) in [5.74, 6) is 2.30. The molecule has 0 radical (unpaired) electrons. The molecule has 0 saturated carbocycles. The van der Waals surface area contributed by atoms with Crippen LogP contribution >= 0.6 is 0 Å². The van der Waals surface area contributed by atoms with Crippen molar-refractivity contribution >= 4 is 0 Å².